The summed E-state index contributed by atoms with van der Waals surface area (Å²) in [7, 11) is 0. The fraction of sp³-hybridized carbons (Fsp3) is 0.188. The molecule has 0 aliphatic heterocycles. The number of carbonyl (C=O) groups is 1. The number of hydrogen-bond acceptors (Lipinski definition) is 5. The van der Waals surface area contributed by atoms with Gasteiger partial charge in [-0.15, -0.1) is 16.4 Å². The average molecular weight is 312 g/mol. The number of thiophene rings is 1. The third-order valence-corrected chi connectivity index (χ3v) is 4.05. The van der Waals surface area contributed by atoms with E-state index in [-0.39, 0.29) is 5.91 Å². The summed E-state index contributed by atoms with van der Waals surface area (Å²) in [5.74, 6) is 0.984. The third-order valence-electron chi connectivity index (χ3n) is 3.18. The van der Waals surface area contributed by atoms with Crippen LogP contribution in [0.3, 0.4) is 0 Å². The van der Waals surface area contributed by atoms with Crippen molar-refractivity contribution < 1.29 is 4.79 Å². The van der Waals surface area contributed by atoms with E-state index in [0.29, 0.717) is 24.7 Å². The topological polar surface area (TPSA) is 59.8 Å². The monoisotopic (exact) mass is 312 g/mol. The minimum atomic E-state index is -0.0779. The van der Waals surface area contributed by atoms with Gasteiger partial charge >= 0.3 is 0 Å². The van der Waals surface area contributed by atoms with Gasteiger partial charge in [0.1, 0.15) is 0 Å². The van der Waals surface area contributed by atoms with E-state index in [1.165, 1.54) is 4.68 Å². The van der Waals surface area contributed by atoms with Crippen LogP contribution in [0.25, 0.3) is 10.7 Å². The van der Waals surface area contributed by atoms with Crippen molar-refractivity contribution in [3.63, 3.8) is 0 Å². The first kappa shape index (κ1) is 14.5. The van der Waals surface area contributed by atoms with Crippen molar-refractivity contribution in [2.24, 2.45) is 0 Å². The zero-order valence-corrected chi connectivity index (χ0v) is 13.0. The molecule has 5 nitrogen and oxygen atoms in total. The molecule has 0 aliphatic carbocycles. The molecular weight excluding hydrogens is 296 g/mol. The Kier molecular flexibility index (Phi) is 4.29. The first-order valence-electron chi connectivity index (χ1n) is 7.10. The van der Waals surface area contributed by atoms with Crippen molar-refractivity contribution >= 4 is 23.2 Å². The van der Waals surface area contributed by atoms with E-state index in [2.05, 4.69) is 15.4 Å². The Balaban J connectivity index is 1.86. The molecule has 0 unspecified atom stereocenters. The van der Waals surface area contributed by atoms with Crippen molar-refractivity contribution in [1.29, 1.82) is 0 Å². The van der Waals surface area contributed by atoms with Gasteiger partial charge in [-0.05, 0) is 17.0 Å². The molecule has 0 saturated carbocycles. The number of rotatable bonds is 5. The van der Waals surface area contributed by atoms with E-state index < -0.39 is 0 Å². The molecule has 3 rings (SSSR count). The standard InChI is InChI=1S/C16H16N4OS/c1-2-14(21)20-16(17-11-12-7-4-3-5-8-12)18-15(19-20)13-9-6-10-22-13/h3-10H,2,11H2,1H3,(H,17,18,19). The summed E-state index contributed by atoms with van der Waals surface area (Å²) < 4.78 is 1.36. The summed E-state index contributed by atoms with van der Waals surface area (Å²) >= 11 is 1.55. The van der Waals surface area contributed by atoms with E-state index in [4.69, 9.17) is 0 Å². The molecule has 0 bridgehead atoms. The summed E-state index contributed by atoms with van der Waals surface area (Å²) in [6.07, 6.45) is 0.382. The molecule has 3 aromatic rings. The number of anilines is 1. The third kappa shape index (κ3) is 3.07. The fourth-order valence-corrected chi connectivity index (χ4v) is 2.69. The first-order chi connectivity index (χ1) is 10.8. The van der Waals surface area contributed by atoms with Crippen LogP contribution in [0, 0.1) is 0 Å². The highest BCUT2D eigenvalue weighted by atomic mass is 32.1. The molecule has 1 N–H and O–H groups in total. The van der Waals surface area contributed by atoms with Gasteiger partial charge in [-0.25, -0.2) is 0 Å². The van der Waals surface area contributed by atoms with Crippen LogP contribution < -0.4 is 5.32 Å². The van der Waals surface area contributed by atoms with Crippen LogP contribution >= 0.6 is 11.3 Å². The van der Waals surface area contributed by atoms with Gasteiger partial charge in [0.2, 0.25) is 11.9 Å². The first-order valence-corrected chi connectivity index (χ1v) is 7.98. The maximum absolute atomic E-state index is 12.1. The minimum absolute atomic E-state index is 0.0779. The van der Waals surface area contributed by atoms with Crippen LogP contribution in [-0.2, 0) is 6.54 Å². The Hall–Kier alpha value is -2.47. The second-order valence-corrected chi connectivity index (χ2v) is 5.68. The molecule has 0 atom stereocenters. The van der Waals surface area contributed by atoms with Gasteiger partial charge in [-0.1, -0.05) is 43.3 Å². The van der Waals surface area contributed by atoms with E-state index in [1.807, 2.05) is 54.8 Å². The predicted octanol–water partition coefficient (Wildman–Crippen LogP) is 3.67. The van der Waals surface area contributed by atoms with Gasteiger partial charge < -0.3 is 5.32 Å². The van der Waals surface area contributed by atoms with E-state index in [0.717, 1.165) is 10.4 Å². The summed E-state index contributed by atoms with van der Waals surface area (Å²) in [4.78, 5) is 17.5. The lowest BCUT2D eigenvalue weighted by Gasteiger charge is -2.06. The van der Waals surface area contributed by atoms with Crippen molar-refractivity contribution in [2.45, 2.75) is 19.9 Å². The Morgan fingerprint density at radius 1 is 1.23 bits per heavy atom. The molecule has 1 aromatic carbocycles. The van der Waals surface area contributed by atoms with Gasteiger partial charge in [-0.2, -0.15) is 9.67 Å². The van der Waals surface area contributed by atoms with Gasteiger partial charge in [0.05, 0.1) is 4.88 Å². The molecule has 0 radical (unpaired) electrons. The number of aromatic nitrogens is 3. The summed E-state index contributed by atoms with van der Waals surface area (Å²) in [5, 5.41) is 9.51. The van der Waals surface area contributed by atoms with E-state index in [9.17, 15) is 4.79 Å². The predicted molar refractivity (Wildman–Crippen MR) is 88.0 cm³/mol. The van der Waals surface area contributed by atoms with E-state index >= 15 is 0 Å². The van der Waals surface area contributed by atoms with Gasteiger partial charge in [0.25, 0.3) is 0 Å². The molecular formula is C16H16N4OS. The molecule has 0 saturated heterocycles. The second-order valence-electron chi connectivity index (χ2n) is 4.73. The normalized spacial score (nSPS) is 10.6. The maximum Gasteiger partial charge on any atom is 0.249 e. The largest absolute Gasteiger partial charge is 0.350 e. The lowest BCUT2D eigenvalue weighted by Crippen LogP contribution is -2.15. The lowest BCUT2D eigenvalue weighted by molar-refractivity contribution is 0.0895. The SMILES string of the molecule is CCC(=O)n1nc(-c2cccs2)nc1NCc1ccccc1. The molecule has 0 spiro atoms. The number of nitrogens with one attached hydrogen (secondary N) is 1. The Morgan fingerprint density at radius 3 is 2.73 bits per heavy atom. The Morgan fingerprint density at radius 2 is 2.05 bits per heavy atom. The Bertz CT molecular complexity index is 750. The molecule has 0 amide bonds. The maximum atomic E-state index is 12.1. The molecule has 0 fully saturated rings. The molecule has 6 heteroatoms. The van der Waals surface area contributed by atoms with Crippen molar-refractivity contribution in [1.82, 2.24) is 14.8 Å². The highest BCUT2D eigenvalue weighted by Gasteiger charge is 2.16. The number of benzene rings is 1. The number of nitrogens with zero attached hydrogens (tertiary/aromatic N) is 3. The van der Waals surface area contributed by atoms with Crippen LogP contribution in [0.15, 0.2) is 47.8 Å². The quantitative estimate of drug-likeness (QED) is 0.781. The molecule has 22 heavy (non-hydrogen) atoms. The molecule has 2 heterocycles. The van der Waals surface area contributed by atoms with Gasteiger partial charge in [0, 0.05) is 13.0 Å². The van der Waals surface area contributed by atoms with Crippen LogP contribution in [0.1, 0.15) is 23.7 Å². The lowest BCUT2D eigenvalue weighted by atomic mass is 10.2. The molecule has 112 valence electrons. The zero-order valence-electron chi connectivity index (χ0n) is 12.2. The van der Waals surface area contributed by atoms with E-state index in [1.54, 1.807) is 11.3 Å². The van der Waals surface area contributed by atoms with Crippen molar-refractivity contribution in [3.05, 3.63) is 53.4 Å². The Labute approximate surface area is 132 Å². The highest BCUT2D eigenvalue weighted by molar-refractivity contribution is 7.13. The summed E-state index contributed by atoms with van der Waals surface area (Å²) in [5.41, 5.74) is 1.12. The van der Waals surface area contributed by atoms with Crippen LogP contribution in [0.4, 0.5) is 5.95 Å². The average Bonchev–Trinajstić information content (AvgIpc) is 3.22. The van der Waals surface area contributed by atoms with Crippen molar-refractivity contribution in [3.8, 4) is 10.7 Å². The van der Waals surface area contributed by atoms with Crippen LogP contribution in [0.5, 0.6) is 0 Å². The number of hydrogen-bond donors (Lipinski definition) is 1. The minimum Gasteiger partial charge on any atom is -0.350 e. The van der Waals surface area contributed by atoms with Gasteiger partial charge in [-0.3, -0.25) is 4.79 Å². The van der Waals surface area contributed by atoms with Gasteiger partial charge in [0.15, 0.2) is 5.82 Å². The van der Waals surface area contributed by atoms with Crippen molar-refractivity contribution in [2.75, 3.05) is 5.32 Å². The molecule has 0 aliphatic rings. The smallest absolute Gasteiger partial charge is 0.249 e. The number of carbonyl (C=O) groups excluding carboxylic acids is 1. The fourth-order valence-electron chi connectivity index (χ4n) is 2.04. The highest BCUT2D eigenvalue weighted by Crippen LogP contribution is 2.23. The van der Waals surface area contributed by atoms with Crippen LogP contribution in [-0.4, -0.2) is 20.7 Å². The second kappa shape index (κ2) is 6.53. The zero-order chi connectivity index (χ0) is 15.4. The van der Waals surface area contributed by atoms with Crippen LogP contribution in [0.2, 0.25) is 0 Å². The summed E-state index contributed by atoms with van der Waals surface area (Å²) in [6.45, 7) is 2.41. The molecule has 2 aromatic heterocycles. The summed E-state index contributed by atoms with van der Waals surface area (Å²) in [6, 6.07) is 13.9.